The zero-order valence-corrected chi connectivity index (χ0v) is 17.6. The topological polar surface area (TPSA) is 59.1 Å². The lowest BCUT2D eigenvalue weighted by molar-refractivity contribution is -0.133. The molecule has 2 heterocycles. The van der Waals surface area contributed by atoms with Crippen LogP contribution in [0.25, 0.3) is 0 Å². The van der Waals surface area contributed by atoms with E-state index in [4.69, 9.17) is 9.47 Å². The molecule has 1 fully saturated rings. The lowest BCUT2D eigenvalue weighted by atomic mass is 10.1. The molecule has 1 saturated heterocycles. The number of likely N-dealkylation sites (tertiary alicyclic amines) is 1. The number of nitrogens with zero attached hydrogens (tertiary/aromatic N) is 2. The molecular weight excluding hydrogens is 380 g/mol. The molecule has 0 aromatic heterocycles. The summed E-state index contributed by atoms with van der Waals surface area (Å²) in [5, 5.41) is 0. The van der Waals surface area contributed by atoms with Gasteiger partial charge in [0.1, 0.15) is 18.1 Å². The fourth-order valence-corrected chi connectivity index (χ4v) is 4.07. The van der Waals surface area contributed by atoms with Crippen LogP contribution in [-0.2, 0) is 17.8 Å². The lowest BCUT2D eigenvalue weighted by Gasteiger charge is -2.26. The number of amides is 2. The van der Waals surface area contributed by atoms with Crippen molar-refractivity contribution >= 4 is 11.8 Å². The van der Waals surface area contributed by atoms with E-state index in [0.29, 0.717) is 25.1 Å². The highest BCUT2D eigenvalue weighted by Crippen LogP contribution is 2.28. The van der Waals surface area contributed by atoms with Crippen molar-refractivity contribution in [3.63, 3.8) is 0 Å². The molecule has 30 heavy (non-hydrogen) atoms. The van der Waals surface area contributed by atoms with Gasteiger partial charge in [0.05, 0.1) is 19.6 Å². The molecule has 6 heteroatoms. The van der Waals surface area contributed by atoms with Crippen molar-refractivity contribution in [2.24, 2.45) is 0 Å². The van der Waals surface area contributed by atoms with Crippen molar-refractivity contribution in [3.8, 4) is 11.5 Å². The minimum Gasteiger partial charge on any atom is -0.497 e. The summed E-state index contributed by atoms with van der Waals surface area (Å²) >= 11 is 0. The molecule has 0 bridgehead atoms. The smallest absolute Gasteiger partial charge is 0.253 e. The van der Waals surface area contributed by atoms with E-state index in [9.17, 15) is 9.59 Å². The van der Waals surface area contributed by atoms with Gasteiger partial charge in [0, 0.05) is 30.8 Å². The zero-order chi connectivity index (χ0) is 21.1. The summed E-state index contributed by atoms with van der Waals surface area (Å²) in [5.41, 5.74) is 2.49. The van der Waals surface area contributed by atoms with Gasteiger partial charge in [0.15, 0.2) is 0 Å². The standard InChI is InChI=1S/C24H28N2O4/c1-17-16-30-22-10-7-19(24(28)25-11-3-4-12-25)14-20(22)15-26(17)23(27)13-18-5-8-21(29-2)9-6-18/h5-10,14,17H,3-4,11-13,15-16H2,1-2H3/t17-/m0/s1. The Morgan fingerprint density at radius 2 is 1.83 bits per heavy atom. The van der Waals surface area contributed by atoms with E-state index in [1.54, 1.807) is 7.11 Å². The normalized spacial score (nSPS) is 18.4. The van der Waals surface area contributed by atoms with E-state index in [1.165, 1.54) is 0 Å². The van der Waals surface area contributed by atoms with Crippen LogP contribution in [0.2, 0.25) is 0 Å². The minimum absolute atomic E-state index is 0.0420. The molecule has 2 aliphatic rings. The van der Waals surface area contributed by atoms with Gasteiger partial charge in [-0.1, -0.05) is 12.1 Å². The first-order valence-corrected chi connectivity index (χ1v) is 10.5. The maximum atomic E-state index is 13.1. The van der Waals surface area contributed by atoms with Gasteiger partial charge in [-0.15, -0.1) is 0 Å². The van der Waals surface area contributed by atoms with Crippen LogP contribution in [0.15, 0.2) is 42.5 Å². The first kappa shape index (κ1) is 20.3. The van der Waals surface area contributed by atoms with Crippen LogP contribution in [-0.4, -0.2) is 54.5 Å². The molecule has 2 aromatic rings. The molecule has 0 aliphatic carbocycles. The second-order valence-electron chi connectivity index (χ2n) is 8.03. The first-order valence-electron chi connectivity index (χ1n) is 10.5. The Labute approximate surface area is 177 Å². The monoisotopic (exact) mass is 408 g/mol. The van der Waals surface area contributed by atoms with Crippen LogP contribution in [0.3, 0.4) is 0 Å². The van der Waals surface area contributed by atoms with E-state index in [0.717, 1.165) is 48.6 Å². The zero-order valence-electron chi connectivity index (χ0n) is 17.6. The van der Waals surface area contributed by atoms with Crippen LogP contribution in [0, 0.1) is 0 Å². The van der Waals surface area contributed by atoms with Crippen LogP contribution in [0.5, 0.6) is 11.5 Å². The summed E-state index contributed by atoms with van der Waals surface area (Å²) in [6, 6.07) is 13.1. The molecule has 1 atom stereocenters. The van der Waals surface area contributed by atoms with Crippen molar-refractivity contribution in [2.75, 3.05) is 26.8 Å². The van der Waals surface area contributed by atoms with Gasteiger partial charge in [-0.25, -0.2) is 0 Å². The molecule has 4 rings (SSSR count). The number of hydrogen-bond acceptors (Lipinski definition) is 4. The number of carbonyl (C=O) groups is 2. The molecule has 0 saturated carbocycles. The minimum atomic E-state index is -0.0547. The van der Waals surface area contributed by atoms with E-state index < -0.39 is 0 Å². The number of methoxy groups -OCH3 is 1. The average Bonchev–Trinajstić information content (AvgIpc) is 3.25. The SMILES string of the molecule is COc1ccc(CC(=O)N2Cc3cc(C(=O)N4CCCC4)ccc3OC[C@@H]2C)cc1. The van der Waals surface area contributed by atoms with Crippen LogP contribution >= 0.6 is 0 Å². The summed E-state index contributed by atoms with van der Waals surface area (Å²) < 4.78 is 11.1. The van der Waals surface area contributed by atoms with Gasteiger partial charge >= 0.3 is 0 Å². The number of fused-ring (bicyclic) bond motifs is 1. The Morgan fingerprint density at radius 3 is 2.53 bits per heavy atom. The number of hydrogen-bond donors (Lipinski definition) is 0. The third-order valence-corrected chi connectivity index (χ3v) is 5.89. The summed E-state index contributed by atoms with van der Waals surface area (Å²) in [4.78, 5) is 29.6. The number of benzene rings is 2. The molecule has 0 radical (unpaired) electrons. The maximum absolute atomic E-state index is 13.1. The molecule has 2 aliphatic heterocycles. The molecule has 6 nitrogen and oxygen atoms in total. The maximum Gasteiger partial charge on any atom is 0.253 e. The predicted molar refractivity (Wildman–Crippen MR) is 114 cm³/mol. The Morgan fingerprint density at radius 1 is 1.10 bits per heavy atom. The molecular formula is C24H28N2O4. The third-order valence-electron chi connectivity index (χ3n) is 5.89. The van der Waals surface area contributed by atoms with Gasteiger partial charge in [-0.3, -0.25) is 9.59 Å². The fourth-order valence-electron chi connectivity index (χ4n) is 4.07. The van der Waals surface area contributed by atoms with Gasteiger partial charge in [-0.05, 0) is 55.7 Å². The molecule has 2 aromatic carbocycles. The van der Waals surface area contributed by atoms with Crippen LogP contribution in [0.1, 0.15) is 41.3 Å². The average molecular weight is 408 g/mol. The van der Waals surface area contributed by atoms with Crippen molar-refractivity contribution in [3.05, 3.63) is 59.2 Å². The number of carbonyl (C=O) groups excluding carboxylic acids is 2. The second-order valence-corrected chi connectivity index (χ2v) is 8.03. The second kappa shape index (κ2) is 8.78. The van der Waals surface area contributed by atoms with Crippen LogP contribution in [0.4, 0.5) is 0 Å². The van der Waals surface area contributed by atoms with Crippen molar-refractivity contribution < 1.29 is 19.1 Å². The van der Waals surface area contributed by atoms with E-state index >= 15 is 0 Å². The molecule has 2 amide bonds. The van der Waals surface area contributed by atoms with Crippen molar-refractivity contribution in [2.45, 2.75) is 38.8 Å². The Kier molecular flexibility index (Phi) is 5.93. The number of rotatable bonds is 4. The van der Waals surface area contributed by atoms with Gasteiger partial charge in [-0.2, -0.15) is 0 Å². The highest BCUT2D eigenvalue weighted by molar-refractivity contribution is 5.94. The van der Waals surface area contributed by atoms with Gasteiger partial charge in [0.2, 0.25) is 5.91 Å². The molecule has 0 unspecified atom stereocenters. The number of ether oxygens (including phenoxy) is 2. The predicted octanol–water partition coefficient (Wildman–Crippen LogP) is 3.28. The summed E-state index contributed by atoms with van der Waals surface area (Å²) in [6.45, 7) is 4.49. The van der Waals surface area contributed by atoms with Crippen molar-refractivity contribution in [1.82, 2.24) is 9.80 Å². The van der Waals surface area contributed by atoms with E-state index in [-0.39, 0.29) is 17.9 Å². The Hall–Kier alpha value is -3.02. The van der Waals surface area contributed by atoms with E-state index in [1.807, 2.05) is 59.2 Å². The van der Waals surface area contributed by atoms with Crippen LogP contribution < -0.4 is 9.47 Å². The fraction of sp³-hybridized carbons (Fsp3) is 0.417. The van der Waals surface area contributed by atoms with E-state index in [2.05, 4.69) is 0 Å². The van der Waals surface area contributed by atoms with Gasteiger partial charge < -0.3 is 19.3 Å². The Balaban J connectivity index is 1.52. The first-order chi connectivity index (χ1) is 14.5. The summed E-state index contributed by atoms with van der Waals surface area (Å²) in [7, 11) is 1.62. The largest absolute Gasteiger partial charge is 0.497 e. The summed E-state index contributed by atoms with van der Waals surface area (Å²) in [6.07, 6.45) is 2.44. The highest BCUT2D eigenvalue weighted by atomic mass is 16.5. The molecule has 0 spiro atoms. The Bertz CT molecular complexity index is 919. The molecule has 158 valence electrons. The molecule has 0 N–H and O–H groups in total. The lowest BCUT2D eigenvalue weighted by Crippen LogP contribution is -2.40. The third kappa shape index (κ3) is 4.27. The summed E-state index contributed by atoms with van der Waals surface area (Å²) in [5.74, 6) is 1.62. The van der Waals surface area contributed by atoms with Crippen molar-refractivity contribution in [1.29, 1.82) is 0 Å². The quantitative estimate of drug-likeness (QED) is 0.779. The van der Waals surface area contributed by atoms with Gasteiger partial charge in [0.25, 0.3) is 5.91 Å². The highest BCUT2D eigenvalue weighted by Gasteiger charge is 2.27.